The average Bonchev–Trinajstić information content (AvgIpc) is 2.45. The molecule has 2 aromatic rings. The highest BCUT2D eigenvalue weighted by Crippen LogP contribution is 2.26. The summed E-state index contributed by atoms with van der Waals surface area (Å²) in [6.07, 6.45) is 1.73. The Hall–Kier alpha value is -1.94. The molecular formula is C16H20FN3. The van der Waals surface area contributed by atoms with Crippen LogP contribution >= 0.6 is 0 Å². The van der Waals surface area contributed by atoms with Gasteiger partial charge in [0, 0.05) is 31.4 Å². The second kappa shape index (κ2) is 6.48. The molecule has 0 saturated heterocycles. The quantitative estimate of drug-likeness (QED) is 0.904. The first-order valence-electron chi connectivity index (χ1n) is 6.75. The molecule has 1 N–H and O–H groups in total. The number of hydrogen-bond acceptors (Lipinski definition) is 3. The van der Waals surface area contributed by atoms with Crippen molar-refractivity contribution in [1.29, 1.82) is 0 Å². The highest BCUT2D eigenvalue weighted by atomic mass is 19.1. The van der Waals surface area contributed by atoms with E-state index in [0.29, 0.717) is 18.3 Å². The molecule has 0 saturated carbocycles. The van der Waals surface area contributed by atoms with Gasteiger partial charge in [-0.15, -0.1) is 0 Å². The largest absolute Gasteiger partial charge is 0.327 e. The van der Waals surface area contributed by atoms with Crippen molar-refractivity contribution in [2.24, 2.45) is 0 Å². The van der Waals surface area contributed by atoms with Gasteiger partial charge in [-0.05, 0) is 18.2 Å². The van der Waals surface area contributed by atoms with Gasteiger partial charge in [0.25, 0.3) is 0 Å². The van der Waals surface area contributed by atoms with Gasteiger partial charge < -0.3 is 10.2 Å². The molecule has 0 spiro atoms. The molecule has 2 rings (SSSR count). The van der Waals surface area contributed by atoms with Gasteiger partial charge in [0.2, 0.25) is 0 Å². The highest BCUT2D eigenvalue weighted by molar-refractivity contribution is 5.62. The summed E-state index contributed by atoms with van der Waals surface area (Å²) in [6.45, 7) is 4.90. The SMILES string of the molecule is CC(C)NCc1cccnc1N(C)c1ccccc1F. The molecule has 0 aliphatic carbocycles. The average molecular weight is 273 g/mol. The maximum atomic E-state index is 13.9. The zero-order valence-corrected chi connectivity index (χ0v) is 12.1. The topological polar surface area (TPSA) is 28.2 Å². The fourth-order valence-electron chi connectivity index (χ4n) is 2.02. The first kappa shape index (κ1) is 14.5. The minimum Gasteiger partial charge on any atom is -0.327 e. The maximum absolute atomic E-state index is 13.9. The van der Waals surface area contributed by atoms with Crippen molar-refractivity contribution in [3.63, 3.8) is 0 Å². The normalized spacial score (nSPS) is 10.8. The van der Waals surface area contributed by atoms with E-state index in [1.807, 2.05) is 25.2 Å². The standard InChI is InChI=1S/C16H20FN3/c1-12(2)19-11-13-7-6-10-18-16(13)20(3)15-9-5-4-8-14(15)17/h4-10,12,19H,11H2,1-3H3. The molecule has 0 aliphatic rings. The van der Waals surface area contributed by atoms with Crippen molar-refractivity contribution in [3.8, 4) is 0 Å². The van der Waals surface area contributed by atoms with E-state index in [4.69, 9.17) is 0 Å². The van der Waals surface area contributed by atoms with E-state index in [1.54, 1.807) is 23.2 Å². The summed E-state index contributed by atoms with van der Waals surface area (Å²) in [6, 6.07) is 11.0. The zero-order valence-electron chi connectivity index (χ0n) is 12.1. The monoisotopic (exact) mass is 273 g/mol. The van der Waals surface area contributed by atoms with Crippen LogP contribution in [0, 0.1) is 5.82 Å². The fraction of sp³-hybridized carbons (Fsp3) is 0.312. The summed E-state index contributed by atoms with van der Waals surface area (Å²) in [5, 5.41) is 3.36. The van der Waals surface area contributed by atoms with Crippen LogP contribution in [0.2, 0.25) is 0 Å². The Labute approximate surface area is 119 Å². The van der Waals surface area contributed by atoms with E-state index >= 15 is 0 Å². The van der Waals surface area contributed by atoms with Gasteiger partial charge in [-0.2, -0.15) is 0 Å². The van der Waals surface area contributed by atoms with Gasteiger partial charge in [-0.25, -0.2) is 9.37 Å². The van der Waals surface area contributed by atoms with Crippen LogP contribution < -0.4 is 10.2 Å². The molecule has 0 aliphatic heterocycles. The summed E-state index contributed by atoms with van der Waals surface area (Å²) in [7, 11) is 1.83. The Morgan fingerprint density at radius 3 is 2.65 bits per heavy atom. The van der Waals surface area contributed by atoms with E-state index in [1.165, 1.54) is 6.07 Å². The Morgan fingerprint density at radius 1 is 1.20 bits per heavy atom. The lowest BCUT2D eigenvalue weighted by molar-refractivity contribution is 0.587. The molecule has 20 heavy (non-hydrogen) atoms. The van der Waals surface area contributed by atoms with Gasteiger partial charge in [-0.1, -0.05) is 32.0 Å². The molecule has 1 aromatic heterocycles. The van der Waals surface area contributed by atoms with Crippen molar-refractivity contribution < 1.29 is 4.39 Å². The van der Waals surface area contributed by atoms with Gasteiger partial charge in [0.1, 0.15) is 11.6 Å². The molecule has 1 aromatic carbocycles. The second-order valence-electron chi connectivity index (χ2n) is 5.03. The van der Waals surface area contributed by atoms with Crippen LogP contribution in [0.4, 0.5) is 15.9 Å². The summed E-state index contributed by atoms with van der Waals surface area (Å²) in [5.74, 6) is 0.522. The maximum Gasteiger partial charge on any atom is 0.146 e. The summed E-state index contributed by atoms with van der Waals surface area (Å²) >= 11 is 0. The van der Waals surface area contributed by atoms with Crippen molar-refractivity contribution in [1.82, 2.24) is 10.3 Å². The molecular weight excluding hydrogens is 253 g/mol. The number of anilines is 2. The van der Waals surface area contributed by atoms with Crippen molar-refractivity contribution in [2.75, 3.05) is 11.9 Å². The Morgan fingerprint density at radius 2 is 1.95 bits per heavy atom. The molecule has 0 fully saturated rings. The van der Waals surface area contributed by atoms with Crippen LogP contribution in [0.1, 0.15) is 19.4 Å². The number of rotatable bonds is 5. The molecule has 4 heteroatoms. The van der Waals surface area contributed by atoms with E-state index in [9.17, 15) is 4.39 Å². The number of pyridine rings is 1. The van der Waals surface area contributed by atoms with E-state index in [2.05, 4.69) is 24.1 Å². The molecule has 0 unspecified atom stereocenters. The van der Waals surface area contributed by atoms with Crippen LogP contribution in [-0.2, 0) is 6.54 Å². The molecule has 3 nitrogen and oxygen atoms in total. The number of aromatic nitrogens is 1. The third-order valence-electron chi connectivity index (χ3n) is 3.10. The van der Waals surface area contributed by atoms with E-state index in [-0.39, 0.29) is 5.82 Å². The van der Waals surface area contributed by atoms with Gasteiger partial charge in [-0.3, -0.25) is 0 Å². The van der Waals surface area contributed by atoms with Gasteiger partial charge >= 0.3 is 0 Å². The van der Waals surface area contributed by atoms with Crippen LogP contribution in [0.5, 0.6) is 0 Å². The minimum absolute atomic E-state index is 0.247. The summed E-state index contributed by atoms with van der Waals surface area (Å²) in [5.41, 5.74) is 1.57. The number of halogens is 1. The molecule has 1 heterocycles. The lowest BCUT2D eigenvalue weighted by Gasteiger charge is -2.22. The first-order chi connectivity index (χ1) is 9.59. The summed E-state index contributed by atoms with van der Waals surface area (Å²) in [4.78, 5) is 6.18. The third kappa shape index (κ3) is 3.33. The number of nitrogens with one attached hydrogen (secondary N) is 1. The van der Waals surface area contributed by atoms with Crippen molar-refractivity contribution >= 4 is 11.5 Å². The zero-order chi connectivity index (χ0) is 14.5. The van der Waals surface area contributed by atoms with E-state index < -0.39 is 0 Å². The Kier molecular flexibility index (Phi) is 4.69. The predicted octanol–water partition coefficient (Wildman–Crippen LogP) is 3.49. The smallest absolute Gasteiger partial charge is 0.146 e. The Bertz CT molecular complexity index is 569. The number of benzene rings is 1. The van der Waals surface area contributed by atoms with Crippen LogP contribution in [0.25, 0.3) is 0 Å². The fourth-order valence-corrected chi connectivity index (χ4v) is 2.02. The predicted molar refractivity (Wildman–Crippen MR) is 80.7 cm³/mol. The van der Waals surface area contributed by atoms with Crippen LogP contribution in [0.15, 0.2) is 42.6 Å². The minimum atomic E-state index is -0.247. The highest BCUT2D eigenvalue weighted by Gasteiger charge is 2.13. The summed E-state index contributed by atoms with van der Waals surface area (Å²) < 4.78 is 13.9. The van der Waals surface area contributed by atoms with Gasteiger partial charge in [0.15, 0.2) is 0 Å². The molecule has 0 amide bonds. The third-order valence-corrected chi connectivity index (χ3v) is 3.10. The van der Waals surface area contributed by atoms with Crippen LogP contribution in [-0.4, -0.2) is 18.1 Å². The molecule has 106 valence electrons. The first-order valence-corrected chi connectivity index (χ1v) is 6.75. The van der Waals surface area contributed by atoms with E-state index in [0.717, 1.165) is 11.4 Å². The lowest BCUT2D eigenvalue weighted by atomic mass is 10.2. The Balaban J connectivity index is 2.30. The van der Waals surface area contributed by atoms with Crippen molar-refractivity contribution in [2.45, 2.75) is 26.4 Å². The lowest BCUT2D eigenvalue weighted by Crippen LogP contribution is -2.24. The second-order valence-corrected chi connectivity index (χ2v) is 5.03. The molecule has 0 bridgehead atoms. The van der Waals surface area contributed by atoms with Crippen LogP contribution in [0.3, 0.4) is 0 Å². The van der Waals surface area contributed by atoms with Gasteiger partial charge in [0.05, 0.1) is 5.69 Å². The number of hydrogen-bond donors (Lipinski definition) is 1. The molecule has 0 atom stereocenters. The van der Waals surface area contributed by atoms with Crippen molar-refractivity contribution in [3.05, 3.63) is 54.0 Å². The number of para-hydroxylation sites is 1. The molecule has 0 radical (unpaired) electrons. The number of nitrogens with zero attached hydrogens (tertiary/aromatic N) is 2.